The van der Waals surface area contributed by atoms with Crippen LogP contribution in [0.25, 0.3) is 22.4 Å². The van der Waals surface area contributed by atoms with Crippen molar-refractivity contribution in [3.8, 4) is 28.1 Å². The number of nitrogens with zero attached hydrogens (tertiary/aromatic N) is 3. The van der Waals surface area contributed by atoms with Crippen LogP contribution in [0.5, 0.6) is 5.75 Å². The van der Waals surface area contributed by atoms with Crippen molar-refractivity contribution in [3.63, 3.8) is 0 Å². The van der Waals surface area contributed by atoms with Gasteiger partial charge in [-0.25, -0.2) is 4.79 Å². The van der Waals surface area contributed by atoms with E-state index in [-0.39, 0.29) is 11.4 Å². The molecule has 0 spiro atoms. The van der Waals surface area contributed by atoms with Gasteiger partial charge in [0.05, 0.1) is 7.11 Å². The van der Waals surface area contributed by atoms with Crippen LogP contribution in [0, 0.1) is 0 Å². The molecule has 3 aromatic rings. The normalized spacial score (nSPS) is 10.5. The van der Waals surface area contributed by atoms with Crippen molar-refractivity contribution < 1.29 is 14.6 Å². The molecule has 0 fully saturated rings. The quantitative estimate of drug-likeness (QED) is 0.802. The molecular weight excluding hydrogens is 294 g/mol. The van der Waals surface area contributed by atoms with Crippen molar-refractivity contribution in [1.29, 1.82) is 0 Å². The van der Waals surface area contributed by atoms with E-state index in [9.17, 15) is 9.90 Å². The van der Waals surface area contributed by atoms with Crippen LogP contribution < -0.4 is 4.74 Å². The highest BCUT2D eigenvalue weighted by Gasteiger charge is 2.23. The SMILES string of the molecule is COc1c(-c2ccc(-c3cccnc3)cc2)nn(C)c1C(=O)O. The predicted octanol–water partition coefficient (Wildman–Crippen LogP) is 2.86. The van der Waals surface area contributed by atoms with E-state index < -0.39 is 5.97 Å². The third-order valence-electron chi connectivity index (χ3n) is 3.56. The topological polar surface area (TPSA) is 77.2 Å². The summed E-state index contributed by atoms with van der Waals surface area (Å²) >= 11 is 0. The zero-order valence-corrected chi connectivity index (χ0v) is 12.7. The molecule has 0 atom stereocenters. The number of hydrogen-bond acceptors (Lipinski definition) is 4. The number of hydrogen-bond donors (Lipinski definition) is 1. The number of carboxylic acids is 1. The molecule has 0 radical (unpaired) electrons. The fraction of sp³-hybridized carbons (Fsp3) is 0.118. The largest absolute Gasteiger partial charge is 0.492 e. The van der Waals surface area contributed by atoms with Crippen LogP contribution in [0.15, 0.2) is 48.8 Å². The lowest BCUT2D eigenvalue weighted by atomic mass is 10.0. The van der Waals surface area contributed by atoms with Gasteiger partial charge in [0.15, 0.2) is 11.4 Å². The Bertz CT molecular complexity index is 840. The molecule has 2 aromatic heterocycles. The molecule has 1 N–H and O–H groups in total. The first-order valence-electron chi connectivity index (χ1n) is 6.97. The molecule has 0 amide bonds. The molecule has 23 heavy (non-hydrogen) atoms. The van der Waals surface area contributed by atoms with Crippen molar-refractivity contribution in [1.82, 2.24) is 14.8 Å². The molecule has 0 saturated heterocycles. The number of rotatable bonds is 4. The molecule has 116 valence electrons. The first-order valence-corrected chi connectivity index (χ1v) is 6.97. The summed E-state index contributed by atoms with van der Waals surface area (Å²) in [5.74, 6) is -0.816. The lowest BCUT2D eigenvalue weighted by Crippen LogP contribution is -2.06. The Balaban J connectivity index is 2.03. The van der Waals surface area contributed by atoms with Crippen LogP contribution in [0.2, 0.25) is 0 Å². The van der Waals surface area contributed by atoms with E-state index in [1.54, 1.807) is 19.4 Å². The van der Waals surface area contributed by atoms with E-state index in [0.717, 1.165) is 16.7 Å². The average molecular weight is 309 g/mol. The highest BCUT2D eigenvalue weighted by Crippen LogP contribution is 2.33. The van der Waals surface area contributed by atoms with Crippen molar-refractivity contribution in [3.05, 3.63) is 54.5 Å². The smallest absolute Gasteiger partial charge is 0.358 e. The molecule has 2 heterocycles. The van der Waals surface area contributed by atoms with Crippen LogP contribution in [-0.2, 0) is 7.05 Å². The fourth-order valence-corrected chi connectivity index (χ4v) is 2.48. The highest BCUT2D eigenvalue weighted by molar-refractivity contribution is 5.92. The minimum absolute atomic E-state index is 0.0267. The maximum absolute atomic E-state index is 11.3. The average Bonchev–Trinajstić information content (AvgIpc) is 2.92. The second kappa shape index (κ2) is 5.92. The van der Waals surface area contributed by atoms with E-state index in [4.69, 9.17) is 4.74 Å². The summed E-state index contributed by atoms with van der Waals surface area (Å²) in [6.07, 6.45) is 3.52. The lowest BCUT2D eigenvalue weighted by molar-refractivity contribution is 0.0681. The van der Waals surface area contributed by atoms with Gasteiger partial charge in [0.1, 0.15) is 5.69 Å². The van der Waals surface area contributed by atoms with Gasteiger partial charge in [-0.1, -0.05) is 30.3 Å². The number of methoxy groups -OCH3 is 1. The molecule has 0 aliphatic heterocycles. The third kappa shape index (κ3) is 2.66. The fourth-order valence-electron chi connectivity index (χ4n) is 2.48. The molecule has 0 unspecified atom stereocenters. The number of aryl methyl sites for hydroxylation is 1. The Morgan fingerprint density at radius 1 is 1.13 bits per heavy atom. The second-order valence-corrected chi connectivity index (χ2v) is 4.98. The lowest BCUT2D eigenvalue weighted by Gasteiger charge is -2.04. The summed E-state index contributed by atoms with van der Waals surface area (Å²) in [4.78, 5) is 15.4. The summed E-state index contributed by atoms with van der Waals surface area (Å²) in [6, 6.07) is 11.5. The Labute approximate surface area is 133 Å². The van der Waals surface area contributed by atoms with Crippen molar-refractivity contribution >= 4 is 5.97 Å². The third-order valence-corrected chi connectivity index (χ3v) is 3.56. The maximum Gasteiger partial charge on any atom is 0.358 e. The number of carboxylic acid groups (broad SMARTS) is 1. The predicted molar refractivity (Wildman–Crippen MR) is 85.4 cm³/mol. The molecule has 0 aliphatic carbocycles. The molecule has 6 nitrogen and oxygen atoms in total. The monoisotopic (exact) mass is 309 g/mol. The van der Waals surface area contributed by atoms with Gasteiger partial charge >= 0.3 is 5.97 Å². The summed E-state index contributed by atoms with van der Waals surface area (Å²) < 4.78 is 6.56. The van der Waals surface area contributed by atoms with Gasteiger partial charge < -0.3 is 9.84 Å². The molecular formula is C17H15N3O3. The highest BCUT2D eigenvalue weighted by atomic mass is 16.5. The van der Waals surface area contributed by atoms with E-state index in [1.807, 2.05) is 36.4 Å². The van der Waals surface area contributed by atoms with Crippen LogP contribution in [0.1, 0.15) is 10.5 Å². The van der Waals surface area contributed by atoms with Gasteiger partial charge in [-0.15, -0.1) is 0 Å². The maximum atomic E-state index is 11.3. The minimum Gasteiger partial charge on any atom is -0.492 e. The van der Waals surface area contributed by atoms with Gasteiger partial charge in [0.25, 0.3) is 0 Å². The number of benzene rings is 1. The summed E-state index contributed by atoms with van der Waals surface area (Å²) in [6.45, 7) is 0. The molecule has 0 aliphatic rings. The van der Waals surface area contributed by atoms with Gasteiger partial charge in [-0.3, -0.25) is 9.67 Å². The Kier molecular flexibility index (Phi) is 3.80. The Morgan fingerprint density at radius 2 is 1.83 bits per heavy atom. The van der Waals surface area contributed by atoms with Crippen molar-refractivity contribution in [2.75, 3.05) is 7.11 Å². The number of ether oxygens (including phenoxy) is 1. The van der Waals surface area contributed by atoms with Crippen LogP contribution in [0.4, 0.5) is 0 Å². The van der Waals surface area contributed by atoms with Crippen LogP contribution >= 0.6 is 0 Å². The van der Waals surface area contributed by atoms with Gasteiger partial charge in [0.2, 0.25) is 0 Å². The molecule has 3 rings (SSSR count). The summed E-state index contributed by atoms with van der Waals surface area (Å²) in [5.41, 5.74) is 3.36. The Morgan fingerprint density at radius 3 is 2.39 bits per heavy atom. The first-order chi connectivity index (χ1) is 11.1. The Hall–Kier alpha value is -3.15. The number of carbonyl (C=O) groups is 1. The molecule has 1 aromatic carbocycles. The second-order valence-electron chi connectivity index (χ2n) is 4.98. The van der Waals surface area contributed by atoms with Crippen molar-refractivity contribution in [2.24, 2.45) is 7.05 Å². The standard InChI is InChI=1S/C17H15N3O3/c1-20-15(17(21)22)16(23-2)14(19-20)12-7-5-11(6-8-12)13-4-3-9-18-10-13/h3-10H,1-2H3,(H,21,22). The number of aromatic carboxylic acids is 1. The van der Waals surface area contributed by atoms with E-state index in [1.165, 1.54) is 11.8 Å². The van der Waals surface area contributed by atoms with Crippen LogP contribution in [-0.4, -0.2) is 33.0 Å². The molecule has 0 bridgehead atoms. The zero-order chi connectivity index (χ0) is 16.4. The molecule has 0 saturated carbocycles. The van der Waals surface area contributed by atoms with Crippen molar-refractivity contribution in [2.45, 2.75) is 0 Å². The zero-order valence-electron chi connectivity index (χ0n) is 12.7. The van der Waals surface area contributed by atoms with E-state index in [0.29, 0.717) is 5.69 Å². The number of pyridine rings is 1. The van der Waals surface area contributed by atoms with Crippen LogP contribution in [0.3, 0.4) is 0 Å². The molecule has 6 heteroatoms. The minimum atomic E-state index is -1.07. The van der Waals surface area contributed by atoms with Gasteiger partial charge in [-0.2, -0.15) is 5.10 Å². The van der Waals surface area contributed by atoms with E-state index in [2.05, 4.69) is 10.1 Å². The summed E-state index contributed by atoms with van der Waals surface area (Å²) in [5, 5.41) is 13.6. The number of aromatic nitrogens is 3. The summed E-state index contributed by atoms with van der Waals surface area (Å²) in [7, 11) is 3.02. The van der Waals surface area contributed by atoms with Gasteiger partial charge in [0, 0.05) is 25.0 Å². The van der Waals surface area contributed by atoms with E-state index >= 15 is 0 Å². The first kappa shape index (κ1) is 14.8. The van der Waals surface area contributed by atoms with Gasteiger partial charge in [-0.05, 0) is 17.2 Å².